The summed E-state index contributed by atoms with van der Waals surface area (Å²) < 4.78 is 0. The summed E-state index contributed by atoms with van der Waals surface area (Å²) in [6.45, 7) is 17.9. The van der Waals surface area contributed by atoms with Crippen LogP contribution in [0.15, 0.2) is 0 Å². The van der Waals surface area contributed by atoms with Crippen LogP contribution in [0.3, 0.4) is 0 Å². The van der Waals surface area contributed by atoms with Gasteiger partial charge in [0.1, 0.15) is 0 Å². The third-order valence-corrected chi connectivity index (χ3v) is 4.69. The lowest BCUT2D eigenvalue weighted by Gasteiger charge is -2.62. The average molecular weight is 238 g/mol. The lowest BCUT2D eigenvalue weighted by atomic mass is 9.71. The van der Waals surface area contributed by atoms with E-state index in [0.717, 1.165) is 0 Å². The zero-order valence-electron chi connectivity index (χ0n) is 12.6. The van der Waals surface area contributed by atoms with E-state index < -0.39 is 0 Å². The zero-order valence-corrected chi connectivity index (χ0v) is 12.6. The maximum atomic E-state index is 2.78. The first-order chi connectivity index (χ1) is 7.65. The molecule has 1 saturated carbocycles. The van der Waals surface area contributed by atoms with Gasteiger partial charge in [-0.1, -0.05) is 0 Å². The van der Waals surface area contributed by atoms with Crippen molar-refractivity contribution in [2.24, 2.45) is 0 Å². The smallest absolute Gasteiger partial charge is 0.0342 e. The van der Waals surface area contributed by atoms with Crippen LogP contribution in [0, 0.1) is 0 Å². The van der Waals surface area contributed by atoms with Gasteiger partial charge in [-0.3, -0.25) is 9.80 Å². The molecule has 0 bridgehead atoms. The number of hydrogen-bond donors (Lipinski definition) is 0. The first kappa shape index (κ1) is 13.4. The molecule has 1 aliphatic carbocycles. The molecule has 2 nitrogen and oxygen atoms in total. The van der Waals surface area contributed by atoms with Crippen LogP contribution in [0.5, 0.6) is 0 Å². The van der Waals surface area contributed by atoms with Crippen molar-refractivity contribution in [3.63, 3.8) is 0 Å². The molecule has 1 aliphatic heterocycles. The summed E-state index contributed by atoms with van der Waals surface area (Å²) in [4.78, 5) is 5.47. The summed E-state index contributed by atoms with van der Waals surface area (Å²) in [5.41, 5.74) is 1.14. The van der Waals surface area contributed by atoms with E-state index in [1.807, 2.05) is 0 Å². The monoisotopic (exact) mass is 238 g/mol. The molecule has 0 atom stereocenters. The molecule has 0 unspecified atom stereocenters. The van der Waals surface area contributed by atoms with E-state index in [9.17, 15) is 0 Å². The minimum Gasteiger partial charge on any atom is -0.295 e. The predicted octanol–water partition coefficient (Wildman–Crippen LogP) is 3.12. The van der Waals surface area contributed by atoms with Crippen LogP contribution in [0.25, 0.3) is 0 Å². The molecular weight excluding hydrogens is 208 g/mol. The second kappa shape index (κ2) is 3.96. The molecular formula is C15H30N2. The fraction of sp³-hybridized carbons (Fsp3) is 1.00. The average Bonchev–Trinajstić information content (AvgIpc) is 2.11. The van der Waals surface area contributed by atoms with Crippen molar-refractivity contribution in [1.29, 1.82) is 0 Å². The standard InChI is InChI=1S/C15H30N2/c1-13(2,3)16-10-11-17(14(4,5)6)15(12-16)8-7-9-15/h7-12H2,1-6H3. The van der Waals surface area contributed by atoms with Crippen LogP contribution in [-0.2, 0) is 0 Å². The zero-order chi connectivity index (χ0) is 12.9. The molecule has 0 aromatic carbocycles. The van der Waals surface area contributed by atoms with Crippen LogP contribution in [-0.4, -0.2) is 46.1 Å². The predicted molar refractivity (Wildman–Crippen MR) is 74.4 cm³/mol. The Morgan fingerprint density at radius 1 is 0.824 bits per heavy atom. The Kier molecular flexibility index (Phi) is 3.11. The van der Waals surface area contributed by atoms with Gasteiger partial charge in [0.05, 0.1) is 0 Å². The molecule has 17 heavy (non-hydrogen) atoms. The number of hydrogen-bond acceptors (Lipinski definition) is 2. The molecule has 2 heteroatoms. The summed E-state index contributed by atoms with van der Waals surface area (Å²) in [5.74, 6) is 0. The highest BCUT2D eigenvalue weighted by atomic mass is 15.4. The van der Waals surface area contributed by atoms with Gasteiger partial charge < -0.3 is 0 Å². The molecule has 100 valence electrons. The molecule has 0 aromatic rings. The van der Waals surface area contributed by atoms with Gasteiger partial charge in [0.15, 0.2) is 0 Å². The number of rotatable bonds is 0. The quantitative estimate of drug-likeness (QED) is 0.640. The van der Waals surface area contributed by atoms with Gasteiger partial charge in [0, 0.05) is 36.3 Å². The largest absolute Gasteiger partial charge is 0.295 e. The summed E-state index contributed by atoms with van der Waals surface area (Å²) in [6.07, 6.45) is 4.22. The van der Waals surface area contributed by atoms with E-state index in [1.165, 1.54) is 38.9 Å². The Morgan fingerprint density at radius 2 is 1.41 bits per heavy atom. The van der Waals surface area contributed by atoms with Gasteiger partial charge in [0.2, 0.25) is 0 Å². The third kappa shape index (κ3) is 2.39. The fourth-order valence-corrected chi connectivity index (χ4v) is 3.61. The van der Waals surface area contributed by atoms with Crippen molar-refractivity contribution in [3.8, 4) is 0 Å². The highest BCUT2D eigenvalue weighted by molar-refractivity contribution is 5.07. The molecule has 0 N–H and O–H groups in total. The highest BCUT2D eigenvalue weighted by Crippen LogP contribution is 2.44. The normalized spacial score (nSPS) is 27.2. The lowest BCUT2D eigenvalue weighted by molar-refractivity contribution is -0.116. The molecule has 2 fully saturated rings. The Labute approximate surface area is 107 Å². The highest BCUT2D eigenvalue weighted by Gasteiger charge is 2.50. The SMILES string of the molecule is CC(C)(C)N1CCN(C(C)(C)C)C2(CCC2)C1. The molecule has 0 radical (unpaired) electrons. The summed E-state index contributed by atoms with van der Waals surface area (Å²) in [5, 5.41) is 0. The number of nitrogens with zero attached hydrogens (tertiary/aromatic N) is 2. The minimum absolute atomic E-state index is 0.324. The third-order valence-electron chi connectivity index (χ3n) is 4.69. The van der Waals surface area contributed by atoms with Crippen LogP contribution in [0.1, 0.15) is 60.8 Å². The molecule has 0 amide bonds. The molecule has 1 heterocycles. The van der Waals surface area contributed by atoms with Crippen molar-refractivity contribution in [2.45, 2.75) is 77.4 Å². The van der Waals surface area contributed by atoms with Gasteiger partial charge >= 0.3 is 0 Å². The van der Waals surface area contributed by atoms with E-state index in [2.05, 4.69) is 51.3 Å². The first-order valence-electron chi connectivity index (χ1n) is 7.18. The fourth-order valence-electron chi connectivity index (χ4n) is 3.61. The lowest BCUT2D eigenvalue weighted by Crippen LogP contribution is -2.71. The van der Waals surface area contributed by atoms with Crippen LogP contribution in [0.4, 0.5) is 0 Å². The first-order valence-corrected chi connectivity index (χ1v) is 7.18. The van der Waals surface area contributed by atoms with Crippen molar-refractivity contribution in [1.82, 2.24) is 9.80 Å². The maximum absolute atomic E-state index is 2.78. The summed E-state index contributed by atoms with van der Waals surface area (Å²) in [6, 6.07) is 0. The molecule has 1 saturated heterocycles. The Morgan fingerprint density at radius 3 is 1.76 bits per heavy atom. The van der Waals surface area contributed by atoms with Crippen molar-refractivity contribution < 1.29 is 0 Å². The second-order valence-electron chi connectivity index (χ2n) is 7.99. The molecule has 2 rings (SSSR count). The van der Waals surface area contributed by atoms with Gasteiger partial charge in [-0.25, -0.2) is 0 Å². The van der Waals surface area contributed by atoms with E-state index in [4.69, 9.17) is 0 Å². The van der Waals surface area contributed by atoms with E-state index in [0.29, 0.717) is 16.6 Å². The van der Waals surface area contributed by atoms with Crippen LogP contribution < -0.4 is 0 Å². The van der Waals surface area contributed by atoms with Crippen LogP contribution in [0.2, 0.25) is 0 Å². The molecule has 2 aliphatic rings. The summed E-state index contributed by atoms with van der Waals surface area (Å²) >= 11 is 0. The molecule has 1 spiro atoms. The van der Waals surface area contributed by atoms with Crippen molar-refractivity contribution in [2.75, 3.05) is 19.6 Å². The summed E-state index contributed by atoms with van der Waals surface area (Å²) in [7, 11) is 0. The van der Waals surface area contributed by atoms with Gasteiger partial charge in [-0.05, 0) is 60.8 Å². The molecule has 0 aromatic heterocycles. The van der Waals surface area contributed by atoms with Crippen LogP contribution >= 0.6 is 0 Å². The topological polar surface area (TPSA) is 6.48 Å². The van der Waals surface area contributed by atoms with Gasteiger partial charge in [-0.15, -0.1) is 0 Å². The Balaban J connectivity index is 2.16. The minimum atomic E-state index is 0.324. The van der Waals surface area contributed by atoms with Crippen molar-refractivity contribution >= 4 is 0 Å². The number of piperazine rings is 1. The van der Waals surface area contributed by atoms with Gasteiger partial charge in [-0.2, -0.15) is 0 Å². The van der Waals surface area contributed by atoms with E-state index in [-0.39, 0.29) is 0 Å². The van der Waals surface area contributed by atoms with Crippen molar-refractivity contribution in [3.05, 3.63) is 0 Å². The van der Waals surface area contributed by atoms with E-state index in [1.54, 1.807) is 0 Å². The maximum Gasteiger partial charge on any atom is 0.0342 e. The van der Waals surface area contributed by atoms with Gasteiger partial charge in [0.25, 0.3) is 0 Å². The Bertz CT molecular complexity index is 278. The second-order valence-corrected chi connectivity index (χ2v) is 7.99. The van der Waals surface area contributed by atoms with E-state index >= 15 is 0 Å². The Hall–Kier alpha value is -0.0800.